The molecule has 0 radical (unpaired) electrons. The van der Waals surface area contributed by atoms with E-state index in [0.29, 0.717) is 11.4 Å². The van der Waals surface area contributed by atoms with Gasteiger partial charge in [-0.15, -0.1) is 12.4 Å². The number of hydrogen-bond donors (Lipinski definition) is 2. The molecule has 6 heteroatoms. The fraction of sp³-hybridized carbons (Fsp3) is 0. The Bertz CT molecular complexity index is 952. The first-order valence-corrected chi connectivity index (χ1v) is 6.49. The Morgan fingerprint density at radius 1 is 1.00 bits per heavy atom. The lowest BCUT2D eigenvalue weighted by Gasteiger charge is -2.05. The molecule has 110 valence electrons. The van der Waals surface area contributed by atoms with E-state index in [1.807, 2.05) is 30.3 Å². The molecule has 0 aliphatic heterocycles. The summed E-state index contributed by atoms with van der Waals surface area (Å²) in [6.07, 6.45) is 1.50. The third-order valence-electron chi connectivity index (χ3n) is 3.27. The third-order valence-corrected chi connectivity index (χ3v) is 3.27. The van der Waals surface area contributed by atoms with Crippen LogP contribution >= 0.6 is 12.4 Å². The monoisotopic (exact) mass is 313 g/mol. The first-order valence-electron chi connectivity index (χ1n) is 6.49. The van der Waals surface area contributed by atoms with Gasteiger partial charge in [-0.3, -0.25) is 0 Å². The number of fused-ring (bicyclic) bond motifs is 3. The van der Waals surface area contributed by atoms with Gasteiger partial charge in [0.2, 0.25) is 0 Å². The number of nitrogens with zero attached hydrogens (tertiary/aromatic N) is 2. The molecule has 2 N–H and O–H groups in total. The number of rotatable bonds is 2. The molecule has 5 nitrogen and oxygen atoms in total. The van der Waals surface area contributed by atoms with E-state index in [-0.39, 0.29) is 18.2 Å². The van der Waals surface area contributed by atoms with Crippen molar-refractivity contribution < 1.29 is 9.52 Å². The molecule has 0 fully saturated rings. The molecule has 0 aliphatic rings. The Kier molecular flexibility index (Phi) is 3.56. The number of anilines is 2. The number of halogens is 1. The summed E-state index contributed by atoms with van der Waals surface area (Å²) >= 11 is 0. The van der Waals surface area contributed by atoms with Crippen molar-refractivity contribution in [2.45, 2.75) is 0 Å². The summed E-state index contributed by atoms with van der Waals surface area (Å²) in [4.78, 5) is 8.52. The average Bonchev–Trinajstić information content (AvgIpc) is 2.87. The summed E-state index contributed by atoms with van der Waals surface area (Å²) in [7, 11) is 0. The Hall–Kier alpha value is -2.79. The second-order valence-corrected chi connectivity index (χ2v) is 4.67. The topological polar surface area (TPSA) is 71.2 Å². The Morgan fingerprint density at radius 2 is 1.86 bits per heavy atom. The van der Waals surface area contributed by atoms with Crippen molar-refractivity contribution in [1.82, 2.24) is 9.97 Å². The number of aromatic nitrogens is 2. The number of furan rings is 1. The zero-order valence-electron chi connectivity index (χ0n) is 11.4. The zero-order chi connectivity index (χ0) is 14.2. The molecule has 4 rings (SSSR count). The Labute approximate surface area is 132 Å². The summed E-state index contributed by atoms with van der Waals surface area (Å²) in [5.41, 5.74) is 2.87. The van der Waals surface area contributed by atoms with Crippen LogP contribution in [-0.2, 0) is 0 Å². The van der Waals surface area contributed by atoms with Crippen LogP contribution < -0.4 is 5.32 Å². The first-order chi connectivity index (χ1) is 10.3. The average molecular weight is 314 g/mol. The highest BCUT2D eigenvalue weighted by molar-refractivity contribution is 6.05. The fourth-order valence-electron chi connectivity index (χ4n) is 2.33. The quantitative estimate of drug-likeness (QED) is 0.579. The van der Waals surface area contributed by atoms with E-state index < -0.39 is 0 Å². The van der Waals surface area contributed by atoms with Gasteiger partial charge >= 0.3 is 0 Å². The summed E-state index contributed by atoms with van der Waals surface area (Å²) in [6.45, 7) is 0. The largest absolute Gasteiger partial charge is 0.508 e. The second kappa shape index (κ2) is 5.54. The summed E-state index contributed by atoms with van der Waals surface area (Å²) < 4.78 is 5.84. The lowest BCUT2D eigenvalue weighted by Crippen LogP contribution is -1.94. The molecule has 0 unspecified atom stereocenters. The molecule has 0 amide bonds. The number of para-hydroxylation sites is 1. The van der Waals surface area contributed by atoms with E-state index in [0.717, 1.165) is 22.2 Å². The van der Waals surface area contributed by atoms with Crippen LogP contribution in [-0.4, -0.2) is 15.1 Å². The minimum absolute atomic E-state index is 0. The maximum atomic E-state index is 9.52. The number of nitrogens with one attached hydrogen (secondary N) is 1. The van der Waals surface area contributed by atoms with E-state index >= 15 is 0 Å². The van der Waals surface area contributed by atoms with Gasteiger partial charge in [0, 0.05) is 17.1 Å². The minimum Gasteiger partial charge on any atom is -0.508 e. The molecule has 0 saturated carbocycles. The van der Waals surface area contributed by atoms with Crippen molar-refractivity contribution in [3.8, 4) is 5.75 Å². The number of benzene rings is 2. The lowest BCUT2D eigenvalue weighted by molar-refractivity contribution is 0.475. The van der Waals surface area contributed by atoms with Gasteiger partial charge in [0.1, 0.15) is 23.2 Å². The molecule has 22 heavy (non-hydrogen) atoms. The first kappa shape index (κ1) is 14.2. The van der Waals surface area contributed by atoms with Crippen molar-refractivity contribution in [2.24, 2.45) is 0 Å². The fourth-order valence-corrected chi connectivity index (χ4v) is 2.33. The summed E-state index contributed by atoms with van der Waals surface area (Å²) in [5.74, 6) is 0.761. The van der Waals surface area contributed by atoms with Gasteiger partial charge in [-0.1, -0.05) is 18.2 Å². The molecule has 2 aromatic carbocycles. The van der Waals surface area contributed by atoms with Crippen molar-refractivity contribution in [3.05, 3.63) is 54.9 Å². The van der Waals surface area contributed by atoms with Crippen LogP contribution in [0.15, 0.2) is 59.3 Å². The maximum Gasteiger partial charge on any atom is 0.196 e. The van der Waals surface area contributed by atoms with Gasteiger partial charge in [-0.05, 0) is 24.3 Å². The van der Waals surface area contributed by atoms with Gasteiger partial charge in [0.25, 0.3) is 0 Å². The van der Waals surface area contributed by atoms with Gasteiger partial charge in [0.05, 0.1) is 0 Å². The van der Waals surface area contributed by atoms with Crippen LogP contribution in [0.5, 0.6) is 5.75 Å². The van der Waals surface area contributed by atoms with E-state index in [1.54, 1.807) is 18.2 Å². The number of phenols is 1. The third kappa shape index (κ3) is 2.31. The predicted octanol–water partition coefficient (Wildman–Crippen LogP) is 4.25. The van der Waals surface area contributed by atoms with Gasteiger partial charge in [-0.2, -0.15) is 0 Å². The second-order valence-electron chi connectivity index (χ2n) is 4.67. The Morgan fingerprint density at radius 3 is 2.73 bits per heavy atom. The summed E-state index contributed by atoms with van der Waals surface area (Å²) in [5, 5.41) is 13.6. The van der Waals surface area contributed by atoms with Crippen LogP contribution in [0.3, 0.4) is 0 Å². The smallest absolute Gasteiger partial charge is 0.196 e. The highest BCUT2D eigenvalue weighted by atomic mass is 35.5. The molecule has 0 spiro atoms. The van der Waals surface area contributed by atoms with E-state index in [4.69, 9.17) is 4.42 Å². The van der Waals surface area contributed by atoms with Crippen LogP contribution in [0.2, 0.25) is 0 Å². The molecular weight excluding hydrogens is 302 g/mol. The standard InChI is InChI=1S/C16H11N3O2.ClH/c20-11-5-3-4-10(8-11)19-16-15-14(17-9-18-16)12-6-1-2-7-13(12)21-15;/h1-9,20H,(H,17,18,19);1H. The zero-order valence-corrected chi connectivity index (χ0v) is 12.2. The number of aromatic hydroxyl groups is 1. The van der Waals surface area contributed by atoms with Crippen LogP contribution in [0.1, 0.15) is 0 Å². The van der Waals surface area contributed by atoms with Crippen molar-refractivity contribution in [2.75, 3.05) is 5.32 Å². The molecular formula is C16H12ClN3O2. The molecule has 2 heterocycles. The minimum atomic E-state index is 0. The molecule has 0 atom stereocenters. The van der Waals surface area contributed by atoms with Crippen molar-refractivity contribution in [1.29, 1.82) is 0 Å². The van der Waals surface area contributed by atoms with E-state index in [1.165, 1.54) is 6.33 Å². The SMILES string of the molecule is Cl.Oc1cccc(Nc2ncnc3c2oc2ccccc23)c1. The van der Waals surface area contributed by atoms with Crippen molar-refractivity contribution >= 4 is 46.0 Å². The van der Waals surface area contributed by atoms with Crippen LogP contribution in [0.25, 0.3) is 22.1 Å². The van der Waals surface area contributed by atoms with Crippen LogP contribution in [0, 0.1) is 0 Å². The van der Waals surface area contributed by atoms with Gasteiger partial charge in [-0.25, -0.2) is 9.97 Å². The molecule has 2 aromatic heterocycles. The van der Waals surface area contributed by atoms with E-state index in [2.05, 4.69) is 15.3 Å². The molecule has 0 saturated heterocycles. The highest BCUT2D eigenvalue weighted by Crippen LogP contribution is 2.31. The van der Waals surface area contributed by atoms with E-state index in [9.17, 15) is 5.11 Å². The number of phenolic OH excluding ortho intramolecular Hbond substituents is 1. The normalized spacial score (nSPS) is 10.5. The molecule has 0 aliphatic carbocycles. The molecule has 0 bridgehead atoms. The van der Waals surface area contributed by atoms with Gasteiger partial charge in [0.15, 0.2) is 11.4 Å². The number of hydrogen-bond acceptors (Lipinski definition) is 5. The van der Waals surface area contributed by atoms with Gasteiger partial charge < -0.3 is 14.8 Å². The van der Waals surface area contributed by atoms with Crippen LogP contribution in [0.4, 0.5) is 11.5 Å². The Balaban J connectivity index is 0.00000144. The highest BCUT2D eigenvalue weighted by Gasteiger charge is 2.12. The van der Waals surface area contributed by atoms with Crippen molar-refractivity contribution in [3.63, 3.8) is 0 Å². The predicted molar refractivity (Wildman–Crippen MR) is 87.9 cm³/mol. The summed E-state index contributed by atoms with van der Waals surface area (Å²) in [6, 6.07) is 14.6. The lowest BCUT2D eigenvalue weighted by atomic mass is 10.2. The maximum absolute atomic E-state index is 9.52. The molecule has 4 aromatic rings.